The first kappa shape index (κ1) is 15.9. The Morgan fingerprint density at radius 3 is 2.52 bits per heavy atom. The van der Waals surface area contributed by atoms with Gasteiger partial charge in [-0.05, 0) is 12.5 Å². The highest BCUT2D eigenvalue weighted by atomic mass is 16.7. The van der Waals surface area contributed by atoms with Crippen LogP contribution in [0.25, 0.3) is 0 Å². The quantitative estimate of drug-likeness (QED) is 0.792. The SMILES string of the molecule is CC(=O)O[C@@H]1C(OCc2ccccc2)C(O)C(O)O[C@@H]1C. The topological polar surface area (TPSA) is 85.2 Å². The van der Waals surface area contributed by atoms with Gasteiger partial charge in [-0.1, -0.05) is 30.3 Å². The van der Waals surface area contributed by atoms with Crippen LogP contribution in [0.3, 0.4) is 0 Å². The number of carbonyl (C=O) groups excluding carboxylic acids is 1. The molecule has 0 spiro atoms. The lowest BCUT2D eigenvalue weighted by atomic mass is 9.99. The predicted octanol–water partition coefficient (Wildman–Crippen LogP) is 0.601. The average Bonchev–Trinajstić information content (AvgIpc) is 2.45. The van der Waals surface area contributed by atoms with Gasteiger partial charge in [0.1, 0.15) is 12.2 Å². The molecule has 6 nitrogen and oxygen atoms in total. The van der Waals surface area contributed by atoms with Crippen molar-refractivity contribution in [2.45, 2.75) is 51.2 Å². The molecule has 2 N–H and O–H groups in total. The van der Waals surface area contributed by atoms with Crippen LogP contribution in [0, 0.1) is 0 Å². The molecule has 0 aromatic heterocycles. The molecule has 1 aliphatic heterocycles. The predicted molar refractivity (Wildman–Crippen MR) is 73.1 cm³/mol. The number of rotatable bonds is 4. The Bertz CT molecular complexity index is 462. The molecule has 5 atom stereocenters. The van der Waals surface area contributed by atoms with Gasteiger partial charge in [-0.25, -0.2) is 0 Å². The lowest BCUT2D eigenvalue weighted by Gasteiger charge is -2.41. The molecule has 3 unspecified atom stereocenters. The van der Waals surface area contributed by atoms with E-state index in [9.17, 15) is 15.0 Å². The highest BCUT2D eigenvalue weighted by Crippen LogP contribution is 2.25. The Morgan fingerprint density at radius 1 is 1.24 bits per heavy atom. The van der Waals surface area contributed by atoms with Crippen LogP contribution in [0.5, 0.6) is 0 Å². The molecule has 1 saturated heterocycles. The molecule has 116 valence electrons. The summed E-state index contributed by atoms with van der Waals surface area (Å²) in [6.45, 7) is 3.17. The van der Waals surface area contributed by atoms with Crippen LogP contribution in [-0.4, -0.2) is 46.9 Å². The molecule has 1 heterocycles. The first-order chi connectivity index (χ1) is 9.99. The fourth-order valence-corrected chi connectivity index (χ4v) is 2.32. The molecule has 6 heteroatoms. The highest BCUT2D eigenvalue weighted by Gasteiger charge is 2.45. The Kier molecular flexibility index (Phi) is 5.30. The second-order valence-corrected chi connectivity index (χ2v) is 5.06. The van der Waals surface area contributed by atoms with Gasteiger partial charge in [0.15, 0.2) is 12.4 Å². The zero-order chi connectivity index (χ0) is 15.4. The molecule has 0 radical (unpaired) electrons. The second kappa shape index (κ2) is 7.00. The molecular weight excluding hydrogens is 276 g/mol. The summed E-state index contributed by atoms with van der Waals surface area (Å²) >= 11 is 0. The number of carbonyl (C=O) groups is 1. The third-order valence-corrected chi connectivity index (χ3v) is 3.36. The zero-order valence-corrected chi connectivity index (χ0v) is 12.0. The van der Waals surface area contributed by atoms with E-state index in [0.29, 0.717) is 0 Å². The number of hydrogen-bond donors (Lipinski definition) is 2. The first-order valence-electron chi connectivity index (χ1n) is 6.83. The minimum Gasteiger partial charge on any atom is -0.457 e. The largest absolute Gasteiger partial charge is 0.457 e. The maximum Gasteiger partial charge on any atom is 0.303 e. The molecule has 0 saturated carbocycles. The molecule has 0 aliphatic carbocycles. The van der Waals surface area contributed by atoms with Gasteiger partial charge in [0, 0.05) is 6.92 Å². The zero-order valence-electron chi connectivity index (χ0n) is 12.0. The van der Waals surface area contributed by atoms with Crippen LogP contribution < -0.4 is 0 Å². The monoisotopic (exact) mass is 296 g/mol. The van der Waals surface area contributed by atoms with Crippen molar-refractivity contribution >= 4 is 5.97 Å². The van der Waals surface area contributed by atoms with E-state index >= 15 is 0 Å². The Hall–Kier alpha value is -1.47. The van der Waals surface area contributed by atoms with E-state index in [0.717, 1.165) is 5.56 Å². The minimum absolute atomic E-state index is 0.236. The van der Waals surface area contributed by atoms with Gasteiger partial charge in [-0.15, -0.1) is 0 Å². The summed E-state index contributed by atoms with van der Waals surface area (Å²) in [6.07, 6.45) is -4.85. The summed E-state index contributed by atoms with van der Waals surface area (Å²) in [7, 11) is 0. The van der Waals surface area contributed by atoms with Crippen LogP contribution in [-0.2, 0) is 25.6 Å². The van der Waals surface area contributed by atoms with Crippen LogP contribution in [0.1, 0.15) is 19.4 Å². The van der Waals surface area contributed by atoms with Crippen LogP contribution in [0.2, 0.25) is 0 Å². The van der Waals surface area contributed by atoms with Crippen molar-refractivity contribution < 1.29 is 29.2 Å². The van der Waals surface area contributed by atoms with E-state index in [1.807, 2.05) is 30.3 Å². The summed E-state index contributed by atoms with van der Waals surface area (Å²) in [4.78, 5) is 11.2. The van der Waals surface area contributed by atoms with E-state index in [1.165, 1.54) is 6.92 Å². The number of esters is 1. The Balaban J connectivity index is 2.08. The van der Waals surface area contributed by atoms with Gasteiger partial charge < -0.3 is 24.4 Å². The fourth-order valence-electron chi connectivity index (χ4n) is 2.32. The van der Waals surface area contributed by atoms with Crippen molar-refractivity contribution in [1.29, 1.82) is 0 Å². The van der Waals surface area contributed by atoms with Gasteiger partial charge in [-0.3, -0.25) is 4.79 Å². The van der Waals surface area contributed by atoms with E-state index < -0.39 is 36.7 Å². The van der Waals surface area contributed by atoms with Gasteiger partial charge in [0.25, 0.3) is 0 Å². The summed E-state index contributed by atoms with van der Waals surface area (Å²) in [6, 6.07) is 9.40. The third-order valence-electron chi connectivity index (χ3n) is 3.36. The molecule has 1 aromatic rings. The number of hydrogen-bond acceptors (Lipinski definition) is 6. The number of benzene rings is 1. The van der Waals surface area contributed by atoms with Crippen molar-refractivity contribution in [1.82, 2.24) is 0 Å². The van der Waals surface area contributed by atoms with Crippen LogP contribution in [0.4, 0.5) is 0 Å². The summed E-state index contributed by atoms with van der Waals surface area (Å²) in [5.74, 6) is -0.493. The lowest BCUT2D eigenvalue weighted by molar-refractivity contribution is -0.290. The molecule has 0 amide bonds. The molecule has 1 aliphatic rings. The molecule has 21 heavy (non-hydrogen) atoms. The maximum absolute atomic E-state index is 11.2. The standard InChI is InChI=1S/C15H20O6/c1-9-13(21-10(2)16)14(12(17)15(18)20-9)19-8-11-6-4-3-5-7-11/h3-7,9,12-15,17-18H,8H2,1-2H3/t9-,12?,13+,14?,15?/m1/s1. The van der Waals surface area contributed by atoms with Gasteiger partial charge in [0.05, 0.1) is 12.7 Å². The van der Waals surface area contributed by atoms with E-state index in [1.54, 1.807) is 6.92 Å². The van der Waals surface area contributed by atoms with Crippen molar-refractivity contribution in [2.24, 2.45) is 0 Å². The van der Waals surface area contributed by atoms with Crippen molar-refractivity contribution in [3.63, 3.8) is 0 Å². The van der Waals surface area contributed by atoms with Gasteiger partial charge >= 0.3 is 5.97 Å². The first-order valence-corrected chi connectivity index (χ1v) is 6.83. The summed E-state index contributed by atoms with van der Waals surface area (Å²) in [5, 5.41) is 19.7. The smallest absolute Gasteiger partial charge is 0.303 e. The fraction of sp³-hybridized carbons (Fsp3) is 0.533. The molecule has 1 fully saturated rings. The van der Waals surface area contributed by atoms with Crippen molar-refractivity contribution in [2.75, 3.05) is 0 Å². The van der Waals surface area contributed by atoms with Crippen LogP contribution in [0.15, 0.2) is 30.3 Å². The summed E-state index contributed by atoms with van der Waals surface area (Å²) in [5.41, 5.74) is 0.917. The lowest BCUT2D eigenvalue weighted by Crippen LogP contribution is -2.58. The van der Waals surface area contributed by atoms with Gasteiger partial charge in [0.2, 0.25) is 0 Å². The number of aliphatic hydroxyl groups is 2. The Labute approximate surface area is 123 Å². The normalized spacial score (nSPS) is 32.7. The molecular formula is C15H20O6. The van der Waals surface area contributed by atoms with Crippen LogP contribution >= 0.6 is 0 Å². The summed E-state index contributed by atoms with van der Waals surface area (Å²) < 4.78 is 16.0. The van der Waals surface area contributed by atoms with E-state index in [4.69, 9.17) is 14.2 Å². The number of ether oxygens (including phenoxy) is 3. The van der Waals surface area contributed by atoms with E-state index in [2.05, 4.69) is 0 Å². The third kappa shape index (κ3) is 4.01. The number of aliphatic hydroxyl groups excluding tert-OH is 2. The van der Waals surface area contributed by atoms with Gasteiger partial charge in [-0.2, -0.15) is 0 Å². The minimum atomic E-state index is -1.37. The van der Waals surface area contributed by atoms with Crippen molar-refractivity contribution in [3.05, 3.63) is 35.9 Å². The van der Waals surface area contributed by atoms with E-state index in [-0.39, 0.29) is 6.61 Å². The average molecular weight is 296 g/mol. The highest BCUT2D eigenvalue weighted by molar-refractivity contribution is 5.66. The molecule has 0 bridgehead atoms. The Morgan fingerprint density at radius 2 is 1.90 bits per heavy atom. The van der Waals surface area contributed by atoms with Crippen molar-refractivity contribution in [3.8, 4) is 0 Å². The molecule has 2 rings (SSSR count). The second-order valence-electron chi connectivity index (χ2n) is 5.06. The maximum atomic E-state index is 11.2. The molecule has 1 aromatic carbocycles.